The maximum atomic E-state index is 13.2. The van der Waals surface area contributed by atoms with Crippen LogP contribution in [0, 0.1) is 0 Å². The van der Waals surface area contributed by atoms with E-state index in [1.165, 1.54) is 24.3 Å². The second-order valence-corrected chi connectivity index (χ2v) is 4.06. The Kier molecular flexibility index (Phi) is 4.45. The van der Waals surface area contributed by atoms with Crippen molar-refractivity contribution in [2.45, 2.75) is 31.0 Å². The van der Waals surface area contributed by atoms with Crippen molar-refractivity contribution in [3.63, 3.8) is 0 Å². The summed E-state index contributed by atoms with van der Waals surface area (Å²) in [6.07, 6.45) is -5.52. The van der Waals surface area contributed by atoms with Gasteiger partial charge in [0.05, 0.1) is 0 Å². The number of hydrogen-bond acceptors (Lipinski definition) is 1. The van der Waals surface area contributed by atoms with Gasteiger partial charge in [-0.3, -0.25) is 4.99 Å². The zero-order chi connectivity index (χ0) is 15.6. The SMILES string of the molecule is CC(N=Cc1ccccc1)C(F)(F)C(F)(F)C(F)(F)F. The topological polar surface area (TPSA) is 12.4 Å². The number of alkyl halides is 7. The number of halogens is 7. The van der Waals surface area contributed by atoms with Gasteiger partial charge >= 0.3 is 18.0 Å². The minimum absolute atomic E-state index is 0.311. The van der Waals surface area contributed by atoms with Gasteiger partial charge in [0, 0.05) is 6.21 Å². The predicted molar refractivity (Wildman–Crippen MR) is 59.4 cm³/mol. The molecule has 1 unspecified atom stereocenters. The number of nitrogens with zero attached hydrogens (tertiary/aromatic N) is 1. The third-order valence-corrected chi connectivity index (χ3v) is 2.55. The fraction of sp³-hybridized carbons (Fsp3) is 0.417. The van der Waals surface area contributed by atoms with Gasteiger partial charge in [-0.05, 0) is 12.5 Å². The highest BCUT2D eigenvalue weighted by atomic mass is 19.4. The van der Waals surface area contributed by atoms with Gasteiger partial charge in [-0.25, -0.2) is 0 Å². The zero-order valence-electron chi connectivity index (χ0n) is 10.1. The standard InChI is InChI=1S/C12H10F7N/c1-8(20-7-9-5-3-2-4-6-9)10(13,14)11(15,16)12(17,18)19/h2-8H,1H3. The molecule has 0 N–H and O–H groups in total. The second kappa shape index (κ2) is 5.41. The molecule has 0 fully saturated rings. The number of aliphatic imine (C=N–C) groups is 1. The second-order valence-electron chi connectivity index (χ2n) is 4.06. The Bertz CT molecular complexity index is 464. The molecule has 0 saturated carbocycles. The largest absolute Gasteiger partial charge is 0.459 e. The van der Waals surface area contributed by atoms with E-state index in [9.17, 15) is 30.7 Å². The van der Waals surface area contributed by atoms with Crippen molar-refractivity contribution >= 4 is 6.21 Å². The van der Waals surface area contributed by atoms with Crippen LogP contribution in [-0.4, -0.2) is 30.3 Å². The van der Waals surface area contributed by atoms with Crippen LogP contribution in [0.2, 0.25) is 0 Å². The quantitative estimate of drug-likeness (QED) is 0.580. The summed E-state index contributed by atoms with van der Waals surface area (Å²) in [4.78, 5) is 3.09. The summed E-state index contributed by atoms with van der Waals surface area (Å²) in [5.41, 5.74) is 0.311. The third-order valence-electron chi connectivity index (χ3n) is 2.55. The lowest BCUT2D eigenvalue weighted by Gasteiger charge is -2.30. The van der Waals surface area contributed by atoms with Crippen molar-refractivity contribution < 1.29 is 30.7 Å². The van der Waals surface area contributed by atoms with Crippen LogP contribution in [0.25, 0.3) is 0 Å². The minimum atomic E-state index is -6.34. The molecule has 1 aromatic rings. The Morgan fingerprint density at radius 2 is 1.45 bits per heavy atom. The van der Waals surface area contributed by atoms with Crippen molar-refractivity contribution in [2.24, 2.45) is 4.99 Å². The molecule has 1 rings (SSSR count). The molecule has 0 bridgehead atoms. The molecule has 0 saturated heterocycles. The van der Waals surface area contributed by atoms with Crippen LogP contribution in [0.5, 0.6) is 0 Å². The van der Waals surface area contributed by atoms with Gasteiger partial charge < -0.3 is 0 Å². The van der Waals surface area contributed by atoms with Crippen molar-refractivity contribution in [1.82, 2.24) is 0 Å². The molecule has 0 radical (unpaired) electrons. The van der Waals surface area contributed by atoms with Gasteiger partial charge in [-0.2, -0.15) is 30.7 Å². The lowest BCUT2D eigenvalue weighted by molar-refractivity contribution is -0.357. The molecule has 0 amide bonds. The Morgan fingerprint density at radius 3 is 1.90 bits per heavy atom. The van der Waals surface area contributed by atoms with E-state index >= 15 is 0 Å². The minimum Gasteiger partial charge on any atom is -0.283 e. The highest BCUT2D eigenvalue weighted by Gasteiger charge is 2.74. The van der Waals surface area contributed by atoms with Crippen molar-refractivity contribution in [2.75, 3.05) is 0 Å². The summed E-state index contributed by atoms with van der Waals surface area (Å²) in [5.74, 6) is -11.5. The first-order chi connectivity index (χ1) is 9.00. The van der Waals surface area contributed by atoms with Crippen molar-refractivity contribution in [3.8, 4) is 0 Å². The first-order valence-electron chi connectivity index (χ1n) is 5.40. The van der Waals surface area contributed by atoms with Gasteiger partial charge in [0.1, 0.15) is 6.04 Å². The van der Waals surface area contributed by atoms with E-state index in [-0.39, 0.29) is 0 Å². The van der Waals surface area contributed by atoms with Crippen LogP contribution in [-0.2, 0) is 0 Å². The zero-order valence-corrected chi connectivity index (χ0v) is 10.1. The van der Waals surface area contributed by atoms with Crippen molar-refractivity contribution in [3.05, 3.63) is 35.9 Å². The Balaban J connectivity index is 2.96. The molecular weight excluding hydrogens is 291 g/mol. The van der Waals surface area contributed by atoms with Gasteiger partial charge in [-0.1, -0.05) is 30.3 Å². The van der Waals surface area contributed by atoms with E-state index in [4.69, 9.17) is 0 Å². The van der Waals surface area contributed by atoms with E-state index < -0.39 is 24.1 Å². The lowest BCUT2D eigenvalue weighted by atomic mass is 10.0. The molecule has 1 aromatic carbocycles. The molecule has 8 heteroatoms. The van der Waals surface area contributed by atoms with Crippen LogP contribution >= 0.6 is 0 Å². The fourth-order valence-electron chi connectivity index (χ4n) is 1.28. The first kappa shape index (κ1) is 16.5. The molecule has 1 atom stereocenters. The summed E-state index contributed by atoms with van der Waals surface area (Å²) in [6, 6.07) is 5.04. The van der Waals surface area contributed by atoms with Gasteiger partial charge in [0.15, 0.2) is 0 Å². The molecule has 0 heterocycles. The van der Waals surface area contributed by atoms with E-state index in [0.29, 0.717) is 12.5 Å². The Labute approximate surface area is 110 Å². The first-order valence-corrected chi connectivity index (χ1v) is 5.40. The molecule has 0 spiro atoms. The lowest BCUT2D eigenvalue weighted by Crippen LogP contribution is -2.56. The van der Waals surface area contributed by atoms with E-state index in [1.54, 1.807) is 6.07 Å². The predicted octanol–water partition coefficient (Wildman–Crippen LogP) is 4.33. The highest BCUT2D eigenvalue weighted by Crippen LogP contribution is 2.48. The molecule has 112 valence electrons. The molecular formula is C12H10F7N. The highest BCUT2D eigenvalue weighted by molar-refractivity contribution is 5.79. The molecule has 0 aliphatic rings. The molecule has 0 aliphatic carbocycles. The van der Waals surface area contributed by atoms with Crippen LogP contribution in [0.3, 0.4) is 0 Å². The normalized spacial score (nSPS) is 15.6. The van der Waals surface area contributed by atoms with Crippen LogP contribution in [0.15, 0.2) is 35.3 Å². The van der Waals surface area contributed by atoms with Gasteiger partial charge in [0.2, 0.25) is 0 Å². The summed E-state index contributed by atoms with van der Waals surface area (Å²) in [7, 11) is 0. The molecule has 0 aromatic heterocycles. The third kappa shape index (κ3) is 3.10. The summed E-state index contributed by atoms with van der Waals surface area (Å²) >= 11 is 0. The van der Waals surface area contributed by atoms with E-state index in [1.807, 2.05) is 0 Å². The van der Waals surface area contributed by atoms with Gasteiger partial charge in [0.25, 0.3) is 0 Å². The average molecular weight is 301 g/mol. The molecule has 0 aliphatic heterocycles. The smallest absolute Gasteiger partial charge is 0.283 e. The fourth-order valence-corrected chi connectivity index (χ4v) is 1.28. The molecule has 1 nitrogen and oxygen atoms in total. The van der Waals surface area contributed by atoms with Gasteiger partial charge in [-0.15, -0.1) is 0 Å². The van der Waals surface area contributed by atoms with Crippen LogP contribution in [0.1, 0.15) is 12.5 Å². The maximum Gasteiger partial charge on any atom is 0.459 e. The Hall–Kier alpha value is -1.60. The average Bonchev–Trinajstić information content (AvgIpc) is 2.35. The molecule has 20 heavy (non-hydrogen) atoms. The van der Waals surface area contributed by atoms with Crippen molar-refractivity contribution in [1.29, 1.82) is 0 Å². The summed E-state index contributed by atoms with van der Waals surface area (Å²) in [6.45, 7) is 0.499. The maximum absolute atomic E-state index is 13.2. The number of hydrogen-bond donors (Lipinski definition) is 0. The summed E-state index contributed by atoms with van der Waals surface area (Å²) in [5, 5.41) is 0. The Morgan fingerprint density at radius 1 is 0.950 bits per heavy atom. The number of rotatable bonds is 4. The van der Waals surface area contributed by atoms with E-state index in [2.05, 4.69) is 4.99 Å². The van der Waals surface area contributed by atoms with Crippen LogP contribution < -0.4 is 0 Å². The van der Waals surface area contributed by atoms with Crippen LogP contribution in [0.4, 0.5) is 30.7 Å². The monoisotopic (exact) mass is 301 g/mol. The number of benzene rings is 1. The summed E-state index contributed by atoms with van der Waals surface area (Å²) < 4.78 is 87.8. The van der Waals surface area contributed by atoms with E-state index in [0.717, 1.165) is 6.21 Å².